The SMILES string of the molecule is COC1=CC=C2C(=C(O)c3cc(OC)c(OC)c(OC)c3)C(=CN(C)C)OC2C1=O. The van der Waals surface area contributed by atoms with Crippen LogP contribution in [-0.4, -0.2) is 64.4 Å². The second-order valence-corrected chi connectivity index (χ2v) is 6.81. The predicted molar refractivity (Wildman–Crippen MR) is 110 cm³/mol. The Morgan fingerprint density at radius 2 is 1.67 bits per heavy atom. The third kappa shape index (κ3) is 3.56. The number of Topliss-reactive ketones (excluding diaryl/α,β-unsaturated/α-hetero) is 1. The van der Waals surface area contributed by atoms with E-state index < -0.39 is 6.10 Å². The van der Waals surface area contributed by atoms with E-state index >= 15 is 0 Å². The molecule has 0 amide bonds. The van der Waals surface area contributed by atoms with E-state index in [1.165, 1.54) is 28.4 Å². The summed E-state index contributed by atoms with van der Waals surface area (Å²) >= 11 is 0. The summed E-state index contributed by atoms with van der Waals surface area (Å²) in [6.07, 6.45) is 4.08. The molecule has 1 aliphatic heterocycles. The van der Waals surface area contributed by atoms with Gasteiger partial charge in [-0.3, -0.25) is 4.79 Å². The number of benzene rings is 1. The summed E-state index contributed by atoms with van der Waals surface area (Å²) < 4.78 is 27.2. The molecule has 30 heavy (non-hydrogen) atoms. The number of ketones is 1. The van der Waals surface area contributed by atoms with E-state index in [9.17, 15) is 9.90 Å². The van der Waals surface area contributed by atoms with Gasteiger partial charge in [0.05, 0.1) is 34.0 Å². The molecular formula is C22H25NO7. The van der Waals surface area contributed by atoms with Crippen molar-refractivity contribution in [1.82, 2.24) is 4.90 Å². The molecule has 0 saturated carbocycles. The van der Waals surface area contributed by atoms with Crippen LogP contribution in [0.2, 0.25) is 0 Å². The summed E-state index contributed by atoms with van der Waals surface area (Å²) in [4.78, 5) is 14.5. The Balaban J connectivity index is 2.24. The number of methoxy groups -OCH3 is 4. The Kier molecular flexibility index (Phi) is 5.96. The molecule has 160 valence electrons. The van der Waals surface area contributed by atoms with E-state index in [1.807, 2.05) is 14.1 Å². The highest BCUT2D eigenvalue weighted by Crippen LogP contribution is 2.45. The molecule has 1 aromatic carbocycles. The van der Waals surface area contributed by atoms with Gasteiger partial charge in [-0.1, -0.05) is 6.08 Å². The van der Waals surface area contributed by atoms with Crippen molar-refractivity contribution in [2.24, 2.45) is 0 Å². The van der Waals surface area contributed by atoms with Crippen LogP contribution >= 0.6 is 0 Å². The van der Waals surface area contributed by atoms with Crippen LogP contribution < -0.4 is 14.2 Å². The molecule has 0 radical (unpaired) electrons. The third-order valence-corrected chi connectivity index (χ3v) is 4.73. The Morgan fingerprint density at radius 1 is 1.03 bits per heavy atom. The first-order valence-electron chi connectivity index (χ1n) is 9.15. The number of aliphatic hydroxyl groups excluding tert-OH is 1. The van der Waals surface area contributed by atoms with Gasteiger partial charge >= 0.3 is 0 Å². The zero-order valence-corrected chi connectivity index (χ0v) is 17.8. The fourth-order valence-corrected chi connectivity index (χ4v) is 3.38. The summed E-state index contributed by atoms with van der Waals surface area (Å²) in [6, 6.07) is 3.26. The zero-order valence-electron chi connectivity index (χ0n) is 17.8. The van der Waals surface area contributed by atoms with Crippen LogP contribution in [0.3, 0.4) is 0 Å². The number of fused-ring (bicyclic) bond motifs is 1. The van der Waals surface area contributed by atoms with Crippen molar-refractivity contribution in [2.45, 2.75) is 6.10 Å². The van der Waals surface area contributed by atoms with Gasteiger partial charge in [0.15, 0.2) is 23.4 Å². The summed E-state index contributed by atoms with van der Waals surface area (Å²) in [6.45, 7) is 0. The van der Waals surface area contributed by atoms with Crippen LogP contribution in [0, 0.1) is 0 Å². The van der Waals surface area contributed by atoms with Crippen molar-refractivity contribution in [3.8, 4) is 17.2 Å². The van der Waals surface area contributed by atoms with Crippen molar-refractivity contribution in [3.63, 3.8) is 0 Å². The van der Waals surface area contributed by atoms with Crippen molar-refractivity contribution in [2.75, 3.05) is 42.5 Å². The lowest BCUT2D eigenvalue weighted by atomic mass is 9.92. The molecule has 3 rings (SSSR count). The quantitative estimate of drug-likeness (QED) is 0.710. The fraction of sp³-hybridized carbons (Fsp3) is 0.318. The van der Waals surface area contributed by atoms with Crippen LogP contribution in [0.1, 0.15) is 5.56 Å². The minimum atomic E-state index is -0.893. The number of hydrogen-bond donors (Lipinski definition) is 1. The summed E-state index contributed by atoms with van der Waals surface area (Å²) in [5.74, 6) is 1.35. The van der Waals surface area contributed by atoms with Crippen molar-refractivity contribution >= 4 is 11.5 Å². The Hall–Kier alpha value is -3.55. The highest BCUT2D eigenvalue weighted by atomic mass is 16.5. The lowest BCUT2D eigenvalue weighted by molar-refractivity contribution is -0.124. The largest absolute Gasteiger partial charge is 0.507 e. The molecule has 1 N–H and O–H groups in total. The van der Waals surface area contributed by atoms with Gasteiger partial charge in [-0.2, -0.15) is 0 Å². The van der Waals surface area contributed by atoms with Gasteiger partial charge in [-0.25, -0.2) is 0 Å². The number of rotatable bonds is 6. The maximum absolute atomic E-state index is 12.7. The van der Waals surface area contributed by atoms with Gasteiger partial charge in [0.1, 0.15) is 11.5 Å². The Morgan fingerprint density at radius 3 is 2.17 bits per heavy atom. The Bertz CT molecular complexity index is 960. The topological polar surface area (TPSA) is 86.7 Å². The van der Waals surface area contributed by atoms with Gasteiger partial charge in [0.2, 0.25) is 11.5 Å². The van der Waals surface area contributed by atoms with Gasteiger partial charge in [-0.15, -0.1) is 0 Å². The molecule has 1 atom stereocenters. The lowest BCUT2D eigenvalue weighted by Gasteiger charge is -2.16. The van der Waals surface area contributed by atoms with Gasteiger partial charge in [0.25, 0.3) is 0 Å². The number of carbonyl (C=O) groups is 1. The normalized spacial score (nSPS) is 20.7. The first-order chi connectivity index (χ1) is 14.4. The number of ether oxygens (including phenoxy) is 5. The van der Waals surface area contributed by atoms with Crippen molar-refractivity contribution in [1.29, 1.82) is 0 Å². The van der Waals surface area contributed by atoms with Crippen LogP contribution in [0.5, 0.6) is 17.2 Å². The molecule has 0 aromatic heterocycles. The first-order valence-corrected chi connectivity index (χ1v) is 9.15. The highest BCUT2D eigenvalue weighted by molar-refractivity contribution is 6.03. The number of nitrogens with zero attached hydrogens (tertiary/aromatic N) is 1. The monoisotopic (exact) mass is 415 g/mol. The molecule has 1 fully saturated rings. The van der Waals surface area contributed by atoms with E-state index in [0.29, 0.717) is 39.7 Å². The standard InChI is InChI=1S/C22H25NO7/c1-23(2)11-17-18(13-7-8-14(26-3)20(25)21(13)30-17)19(24)12-9-15(27-4)22(29-6)16(10-12)28-5/h7-11,21,24H,1-6H3. The number of carbonyl (C=O) groups excluding carboxylic acids is 1. The number of aliphatic hydroxyl groups is 1. The summed E-state index contributed by atoms with van der Waals surface area (Å²) in [5, 5.41) is 11.2. The predicted octanol–water partition coefficient (Wildman–Crippen LogP) is 2.82. The minimum Gasteiger partial charge on any atom is -0.507 e. The maximum atomic E-state index is 12.7. The van der Waals surface area contributed by atoms with Gasteiger partial charge < -0.3 is 33.7 Å². The average molecular weight is 415 g/mol. The van der Waals surface area contributed by atoms with Crippen molar-refractivity contribution < 1.29 is 33.6 Å². The maximum Gasteiger partial charge on any atom is 0.242 e. The van der Waals surface area contributed by atoms with E-state index in [2.05, 4.69) is 0 Å². The van der Waals surface area contributed by atoms with E-state index in [-0.39, 0.29) is 17.3 Å². The van der Waals surface area contributed by atoms with Crippen LogP contribution in [0.4, 0.5) is 0 Å². The molecule has 1 unspecified atom stereocenters. The molecule has 1 saturated heterocycles. The number of hydrogen-bond acceptors (Lipinski definition) is 8. The van der Waals surface area contributed by atoms with E-state index in [0.717, 1.165) is 0 Å². The summed E-state index contributed by atoms with van der Waals surface area (Å²) in [5.41, 5.74) is 1.37. The molecule has 0 spiro atoms. The number of allylic oxidation sites excluding steroid dienone is 3. The molecule has 0 bridgehead atoms. The molecule has 8 nitrogen and oxygen atoms in total. The average Bonchev–Trinajstić information content (AvgIpc) is 3.10. The van der Waals surface area contributed by atoms with Gasteiger partial charge in [0, 0.05) is 31.4 Å². The fourth-order valence-electron chi connectivity index (χ4n) is 3.38. The molecule has 8 heteroatoms. The minimum absolute atomic E-state index is 0.0850. The second kappa shape index (κ2) is 8.44. The lowest BCUT2D eigenvalue weighted by Crippen LogP contribution is -2.26. The van der Waals surface area contributed by atoms with Gasteiger partial charge in [-0.05, 0) is 18.2 Å². The second-order valence-electron chi connectivity index (χ2n) is 6.81. The van der Waals surface area contributed by atoms with Crippen LogP contribution in [-0.2, 0) is 14.3 Å². The van der Waals surface area contributed by atoms with Crippen LogP contribution in [0.15, 0.2) is 53.1 Å². The molecule has 2 aliphatic rings. The first kappa shape index (κ1) is 21.2. The van der Waals surface area contributed by atoms with Crippen LogP contribution in [0.25, 0.3) is 5.76 Å². The molecule has 1 aromatic rings. The zero-order chi connectivity index (χ0) is 22.0. The Labute approximate surface area is 175 Å². The third-order valence-electron chi connectivity index (χ3n) is 4.73. The summed E-state index contributed by atoms with van der Waals surface area (Å²) in [7, 11) is 9.57. The molecular weight excluding hydrogens is 390 g/mol. The van der Waals surface area contributed by atoms with E-state index in [4.69, 9.17) is 23.7 Å². The van der Waals surface area contributed by atoms with Crippen molar-refractivity contribution in [3.05, 3.63) is 58.7 Å². The molecule has 1 aliphatic carbocycles. The molecule has 1 heterocycles. The smallest absolute Gasteiger partial charge is 0.242 e. The van der Waals surface area contributed by atoms with E-state index in [1.54, 1.807) is 35.4 Å². The highest BCUT2D eigenvalue weighted by Gasteiger charge is 2.42.